The Hall–Kier alpha value is -5.16. The Kier molecular flexibility index (Phi) is 7.75. The predicted octanol–water partition coefficient (Wildman–Crippen LogP) is 11.0. The van der Waals surface area contributed by atoms with Gasteiger partial charge in [0.15, 0.2) is 5.60 Å². The van der Waals surface area contributed by atoms with Crippen LogP contribution in [0, 0.1) is 5.41 Å². The molecule has 2 aliphatic carbocycles. The Morgan fingerprint density at radius 2 is 1.51 bits per heavy atom. The van der Waals surface area contributed by atoms with Gasteiger partial charge in [-0.2, -0.15) is 0 Å². The highest BCUT2D eigenvalue weighted by Crippen LogP contribution is 2.66. The maximum absolute atomic E-state index is 7.78. The predicted molar refractivity (Wildman–Crippen MR) is 216 cm³/mol. The van der Waals surface area contributed by atoms with Gasteiger partial charge in [-0.3, -0.25) is 0 Å². The maximum atomic E-state index is 7.78. The number of hydrogen-bond acceptors (Lipinski definition) is 5. The number of fused-ring (bicyclic) bond motifs is 12. The fourth-order valence-corrected chi connectivity index (χ4v) is 10.5. The van der Waals surface area contributed by atoms with Gasteiger partial charge in [0, 0.05) is 41.1 Å². The van der Waals surface area contributed by atoms with Gasteiger partial charge in [0.2, 0.25) is 0 Å². The van der Waals surface area contributed by atoms with Gasteiger partial charge in [-0.05, 0) is 114 Å². The van der Waals surface area contributed by atoms with Crippen molar-refractivity contribution in [3.05, 3.63) is 130 Å². The average Bonchev–Trinajstić information content (AvgIpc) is 3.45. The third kappa shape index (κ3) is 4.89. The van der Waals surface area contributed by atoms with Gasteiger partial charge < -0.3 is 23.8 Å². The molecule has 9 rings (SSSR count). The van der Waals surface area contributed by atoms with E-state index in [0.717, 1.165) is 78.2 Å². The van der Waals surface area contributed by atoms with Crippen molar-refractivity contribution in [3.63, 3.8) is 0 Å². The van der Waals surface area contributed by atoms with Crippen molar-refractivity contribution in [3.8, 4) is 34.1 Å². The van der Waals surface area contributed by atoms with Crippen LogP contribution in [0.15, 0.2) is 96.6 Å². The van der Waals surface area contributed by atoms with Crippen LogP contribution in [-0.2, 0) is 17.4 Å². The minimum absolute atomic E-state index is 0.116. The first-order chi connectivity index (χ1) is 25.7. The summed E-state index contributed by atoms with van der Waals surface area (Å²) in [6.45, 7) is 8.14. The number of hydrogen-bond donors (Lipinski definition) is 0. The molecule has 2 aliphatic heterocycles. The summed E-state index contributed by atoms with van der Waals surface area (Å²) in [4.78, 5) is 2.39. The van der Waals surface area contributed by atoms with Crippen molar-refractivity contribution in [2.24, 2.45) is 5.41 Å². The molecule has 0 aromatic heterocycles. The van der Waals surface area contributed by atoms with Gasteiger partial charge in [-0.1, -0.05) is 80.1 Å². The quantitative estimate of drug-likeness (QED) is 0.170. The number of rotatable bonds is 5. The fourth-order valence-electron chi connectivity index (χ4n) is 10.5. The van der Waals surface area contributed by atoms with Crippen molar-refractivity contribution in [2.75, 3.05) is 39.8 Å². The number of ether oxygens (including phenoxy) is 4. The molecule has 5 nitrogen and oxygen atoms in total. The molecule has 1 unspecified atom stereocenters. The number of anilines is 1. The van der Waals surface area contributed by atoms with Crippen molar-refractivity contribution in [2.45, 2.75) is 63.9 Å². The van der Waals surface area contributed by atoms with Gasteiger partial charge >= 0.3 is 0 Å². The minimum atomic E-state index is -0.911. The summed E-state index contributed by atoms with van der Waals surface area (Å²) in [6, 6.07) is 28.1. The standard InChI is InChI=1S/C48H49NO4/c1-8-30-27-46(2,3)29-47(28-30)39-14-10-9-12-35(39)42-41-36-13-11-25-49(4)44(36)40(52-7)26-38(41)45-37(43(42)47)23-24-48(53-45,31-15-19-33(50-5)20-16-31)32-17-21-34(51-6)22-18-32/h8-10,12,14-24,26H,11,13,25,27-29H2,1-7H3/b30-8+. The van der Waals surface area contributed by atoms with Crippen LogP contribution in [0.2, 0.25) is 0 Å². The normalized spacial score (nSPS) is 21.1. The smallest absolute Gasteiger partial charge is 0.178 e. The lowest BCUT2D eigenvalue weighted by atomic mass is 9.57. The third-order valence-corrected chi connectivity index (χ3v) is 12.5. The molecular formula is C48H49NO4. The van der Waals surface area contributed by atoms with E-state index in [4.69, 9.17) is 18.9 Å². The summed E-state index contributed by atoms with van der Waals surface area (Å²) in [6.07, 6.45) is 12.3. The Morgan fingerprint density at radius 1 is 0.830 bits per heavy atom. The van der Waals surface area contributed by atoms with Crippen LogP contribution < -0.4 is 23.8 Å². The summed E-state index contributed by atoms with van der Waals surface area (Å²) in [5, 5.41) is 2.41. The highest BCUT2D eigenvalue weighted by molar-refractivity contribution is 6.12. The molecule has 5 aromatic rings. The highest BCUT2D eigenvalue weighted by Gasteiger charge is 2.53. The third-order valence-electron chi connectivity index (χ3n) is 12.5. The van der Waals surface area contributed by atoms with E-state index < -0.39 is 5.60 Å². The molecule has 0 saturated heterocycles. The largest absolute Gasteiger partial charge is 0.497 e. The molecule has 270 valence electrons. The molecule has 5 heteroatoms. The van der Waals surface area contributed by atoms with Crippen LogP contribution >= 0.6 is 0 Å². The monoisotopic (exact) mass is 703 g/mol. The van der Waals surface area contributed by atoms with E-state index in [1.54, 1.807) is 21.3 Å². The average molecular weight is 704 g/mol. The van der Waals surface area contributed by atoms with Crippen LogP contribution in [-0.4, -0.2) is 34.9 Å². The Bertz CT molecular complexity index is 2280. The molecule has 53 heavy (non-hydrogen) atoms. The zero-order chi connectivity index (χ0) is 36.7. The first-order valence-electron chi connectivity index (χ1n) is 19.0. The van der Waals surface area contributed by atoms with Crippen molar-refractivity contribution in [1.82, 2.24) is 0 Å². The van der Waals surface area contributed by atoms with Gasteiger partial charge in [-0.25, -0.2) is 0 Å². The fraction of sp³-hybridized carbons (Fsp3) is 0.333. The lowest BCUT2D eigenvalue weighted by Gasteiger charge is -2.47. The lowest BCUT2D eigenvalue weighted by molar-refractivity contribution is 0.162. The summed E-state index contributed by atoms with van der Waals surface area (Å²) in [5.74, 6) is 3.43. The molecular weight excluding hydrogens is 655 g/mol. The zero-order valence-corrected chi connectivity index (χ0v) is 32.1. The maximum Gasteiger partial charge on any atom is 0.178 e. The van der Waals surface area contributed by atoms with Gasteiger partial charge in [-0.15, -0.1) is 0 Å². The summed E-state index contributed by atoms with van der Waals surface area (Å²) in [7, 11) is 7.43. The summed E-state index contributed by atoms with van der Waals surface area (Å²) in [5.41, 5.74) is 11.9. The zero-order valence-electron chi connectivity index (χ0n) is 32.1. The molecule has 1 fully saturated rings. The molecule has 0 radical (unpaired) electrons. The van der Waals surface area contributed by atoms with Gasteiger partial charge in [0.05, 0.1) is 27.0 Å². The van der Waals surface area contributed by atoms with Crippen LogP contribution in [0.3, 0.4) is 0 Å². The molecule has 0 bridgehead atoms. The van der Waals surface area contributed by atoms with Gasteiger partial charge in [0.25, 0.3) is 0 Å². The number of methoxy groups -OCH3 is 3. The molecule has 4 aliphatic rings. The second-order valence-electron chi connectivity index (χ2n) is 16.2. The van der Waals surface area contributed by atoms with E-state index in [-0.39, 0.29) is 10.8 Å². The van der Waals surface area contributed by atoms with E-state index in [0.29, 0.717) is 0 Å². The second kappa shape index (κ2) is 12.2. The molecule has 1 saturated carbocycles. The number of allylic oxidation sites excluding steroid dienone is 2. The van der Waals surface area contributed by atoms with E-state index in [9.17, 15) is 0 Å². The van der Waals surface area contributed by atoms with E-state index >= 15 is 0 Å². The molecule has 0 amide bonds. The molecule has 5 aromatic carbocycles. The highest BCUT2D eigenvalue weighted by atomic mass is 16.5. The molecule has 0 N–H and O–H groups in total. The lowest BCUT2D eigenvalue weighted by Crippen LogP contribution is -2.39. The molecule has 1 spiro atoms. The van der Waals surface area contributed by atoms with Crippen molar-refractivity contribution < 1.29 is 18.9 Å². The van der Waals surface area contributed by atoms with E-state index in [2.05, 4.69) is 106 Å². The van der Waals surface area contributed by atoms with E-state index in [1.165, 1.54) is 50.0 Å². The SMILES string of the molecule is C/C=C1\CC(C)(C)CC2(C1)c1ccccc1-c1c2c2c(c3cc(OC)c4c(c13)CCCN4C)OC(c1ccc(OC)cc1)(c1ccc(OC)cc1)C=C2. The first kappa shape index (κ1) is 33.7. The first-order valence-corrected chi connectivity index (χ1v) is 19.0. The van der Waals surface area contributed by atoms with Crippen molar-refractivity contribution in [1.29, 1.82) is 0 Å². The van der Waals surface area contributed by atoms with Crippen LogP contribution in [0.4, 0.5) is 5.69 Å². The molecule has 1 atom stereocenters. The van der Waals surface area contributed by atoms with Crippen molar-refractivity contribution >= 4 is 22.5 Å². The topological polar surface area (TPSA) is 40.2 Å². The van der Waals surface area contributed by atoms with Crippen LogP contribution in [0.5, 0.6) is 23.0 Å². The number of benzene rings is 5. The minimum Gasteiger partial charge on any atom is -0.497 e. The summed E-state index contributed by atoms with van der Waals surface area (Å²) < 4.78 is 25.3. The Balaban J connectivity index is 1.43. The number of nitrogens with zero attached hydrogens (tertiary/aromatic N) is 1. The van der Waals surface area contributed by atoms with E-state index in [1.807, 2.05) is 24.3 Å². The summed E-state index contributed by atoms with van der Waals surface area (Å²) >= 11 is 0. The van der Waals surface area contributed by atoms with Crippen LogP contribution in [0.25, 0.3) is 28.0 Å². The number of aryl methyl sites for hydroxylation is 1. The van der Waals surface area contributed by atoms with Crippen LogP contribution in [0.1, 0.15) is 79.8 Å². The molecule has 2 heterocycles. The van der Waals surface area contributed by atoms with Gasteiger partial charge in [0.1, 0.15) is 23.0 Å². The second-order valence-corrected chi connectivity index (χ2v) is 16.2. The Labute approximate surface area is 313 Å². The Morgan fingerprint density at radius 3 is 2.15 bits per heavy atom.